The molecule has 6 heteroatoms. The van der Waals surface area contributed by atoms with Crippen molar-refractivity contribution < 1.29 is 13.6 Å². The van der Waals surface area contributed by atoms with Crippen LogP contribution in [0.3, 0.4) is 0 Å². The van der Waals surface area contributed by atoms with Crippen molar-refractivity contribution >= 4 is 15.5 Å². The highest BCUT2D eigenvalue weighted by Gasteiger charge is 2.09. The van der Waals surface area contributed by atoms with Crippen LogP contribution < -0.4 is 0 Å². The summed E-state index contributed by atoms with van der Waals surface area (Å²) in [6.45, 7) is 1.88. The van der Waals surface area contributed by atoms with Gasteiger partial charge in [-0.1, -0.05) is 17.3 Å². The molecule has 21 heavy (non-hydrogen) atoms. The largest absolute Gasteiger partial charge is 0.411 e. The van der Waals surface area contributed by atoms with Gasteiger partial charge in [-0.25, -0.2) is 8.42 Å². The third kappa shape index (κ3) is 3.88. The number of oxime groups is 1. The number of rotatable bonds is 4. The Kier molecular flexibility index (Phi) is 4.37. The zero-order valence-corrected chi connectivity index (χ0v) is 12.6. The molecule has 2 rings (SSSR count). The first-order chi connectivity index (χ1) is 9.90. The predicted octanol–water partition coefficient (Wildman–Crippen LogP) is 2.21. The van der Waals surface area contributed by atoms with Crippen molar-refractivity contribution in [3.8, 4) is 0 Å². The van der Waals surface area contributed by atoms with E-state index in [1.165, 1.54) is 6.26 Å². The lowest BCUT2D eigenvalue weighted by molar-refractivity contribution is 0.318. The van der Waals surface area contributed by atoms with E-state index in [0.717, 1.165) is 16.8 Å². The Balaban J connectivity index is 2.22. The maximum absolute atomic E-state index is 11.4. The highest BCUT2D eigenvalue weighted by Crippen LogP contribution is 2.13. The lowest BCUT2D eigenvalue weighted by Gasteiger charge is -2.06. The summed E-state index contributed by atoms with van der Waals surface area (Å²) in [6.07, 6.45) is 3.21. The van der Waals surface area contributed by atoms with Gasteiger partial charge in [-0.05, 0) is 36.8 Å². The number of benzene rings is 1. The molecule has 1 heterocycles. The van der Waals surface area contributed by atoms with Gasteiger partial charge in [-0.3, -0.25) is 4.98 Å². The van der Waals surface area contributed by atoms with Gasteiger partial charge >= 0.3 is 0 Å². The van der Waals surface area contributed by atoms with E-state index in [1.54, 1.807) is 30.5 Å². The van der Waals surface area contributed by atoms with Gasteiger partial charge in [-0.2, -0.15) is 0 Å². The van der Waals surface area contributed by atoms with Crippen LogP contribution in [-0.2, 0) is 16.3 Å². The normalized spacial score (nSPS) is 12.4. The average Bonchev–Trinajstić information content (AvgIpc) is 2.45. The summed E-state index contributed by atoms with van der Waals surface area (Å²) < 4.78 is 22.8. The quantitative estimate of drug-likeness (QED) is 0.533. The lowest BCUT2D eigenvalue weighted by atomic mass is 10.0. The first-order valence-electron chi connectivity index (χ1n) is 6.33. The molecule has 0 unspecified atom stereocenters. The smallest absolute Gasteiger partial charge is 0.175 e. The molecule has 0 fully saturated rings. The van der Waals surface area contributed by atoms with Gasteiger partial charge in [-0.15, -0.1) is 0 Å². The van der Waals surface area contributed by atoms with Gasteiger partial charge < -0.3 is 5.21 Å². The molecule has 0 amide bonds. The third-order valence-corrected chi connectivity index (χ3v) is 4.22. The van der Waals surface area contributed by atoms with E-state index in [-0.39, 0.29) is 4.90 Å². The SMILES string of the molecule is Cc1ccc(/C(Cc2ccc(S(C)(=O)=O)cc2)=N\O)cn1. The Hall–Kier alpha value is -2.21. The van der Waals surface area contributed by atoms with Crippen LogP contribution >= 0.6 is 0 Å². The van der Waals surface area contributed by atoms with Crippen molar-refractivity contribution in [2.24, 2.45) is 5.16 Å². The van der Waals surface area contributed by atoms with E-state index in [1.807, 2.05) is 19.1 Å². The van der Waals surface area contributed by atoms with Crippen LogP contribution in [0.4, 0.5) is 0 Å². The van der Waals surface area contributed by atoms with E-state index in [9.17, 15) is 8.42 Å². The summed E-state index contributed by atoms with van der Waals surface area (Å²) in [5.41, 5.74) is 2.95. The van der Waals surface area contributed by atoms with Crippen LogP contribution in [0.5, 0.6) is 0 Å². The lowest BCUT2D eigenvalue weighted by Crippen LogP contribution is -2.06. The average molecular weight is 304 g/mol. The molecule has 0 saturated carbocycles. The molecular weight excluding hydrogens is 288 g/mol. The molecule has 0 aliphatic heterocycles. The molecule has 1 aromatic carbocycles. The number of pyridine rings is 1. The topological polar surface area (TPSA) is 79.6 Å². The summed E-state index contributed by atoms with van der Waals surface area (Å²) in [4.78, 5) is 4.43. The molecule has 5 nitrogen and oxygen atoms in total. The fraction of sp³-hybridized carbons (Fsp3) is 0.200. The summed E-state index contributed by atoms with van der Waals surface area (Å²) in [5, 5.41) is 12.5. The Labute approximate surface area is 123 Å². The number of hydrogen-bond acceptors (Lipinski definition) is 5. The highest BCUT2D eigenvalue weighted by atomic mass is 32.2. The Morgan fingerprint density at radius 3 is 2.33 bits per heavy atom. The van der Waals surface area contributed by atoms with Gasteiger partial charge in [0.1, 0.15) is 0 Å². The standard InChI is InChI=1S/C15H16N2O3S/c1-11-3-6-13(10-16-11)15(17-18)9-12-4-7-14(8-5-12)21(2,19)20/h3-8,10,18H,9H2,1-2H3/b17-15-. The van der Waals surface area contributed by atoms with Crippen LogP contribution in [-0.4, -0.2) is 30.6 Å². The Bertz CT molecular complexity index is 749. The minimum absolute atomic E-state index is 0.269. The number of aryl methyl sites for hydroxylation is 1. The molecule has 0 saturated heterocycles. The monoisotopic (exact) mass is 304 g/mol. The molecule has 1 aromatic heterocycles. The second-order valence-electron chi connectivity index (χ2n) is 4.83. The maximum Gasteiger partial charge on any atom is 0.175 e. The number of nitrogens with zero attached hydrogens (tertiary/aromatic N) is 2. The highest BCUT2D eigenvalue weighted by molar-refractivity contribution is 7.90. The Morgan fingerprint density at radius 2 is 1.86 bits per heavy atom. The molecule has 0 aliphatic rings. The van der Waals surface area contributed by atoms with E-state index in [4.69, 9.17) is 5.21 Å². The van der Waals surface area contributed by atoms with Crippen molar-refractivity contribution in [3.63, 3.8) is 0 Å². The van der Waals surface area contributed by atoms with Gasteiger partial charge in [0.2, 0.25) is 0 Å². The van der Waals surface area contributed by atoms with Crippen molar-refractivity contribution in [3.05, 3.63) is 59.4 Å². The zero-order valence-electron chi connectivity index (χ0n) is 11.8. The second kappa shape index (κ2) is 6.05. The van der Waals surface area contributed by atoms with Crippen LogP contribution in [0.15, 0.2) is 52.6 Å². The van der Waals surface area contributed by atoms with Crippen molar-refractivity contribution in [2.75, 3.05) is 6.26 Å². The molecule has 2 aromatic rings. The van der Waals surface area contributed by atoms with E-state index < -0.39 is 9.84 Å². The zero-order chi connectivity index (χ0) is 15.5. The number of sulfone groups is 1. The molecule has 110 valence electrons. The summed E-state index contributed by atoms with van der Waals surface area (Å²) >= 11 is 0. The fourth-order valence-corrected chi connectivity index (χ4v) is 2.51. The van der Waals surface area contributed by atoms with Crippen LogP contribution in [0, 0.1) is 6.92 Å². The minimum Gasteiger partial charge on any atom is -0.411 e. The molecule has 0 spiro atoms. The van der Waals surface area contributed by atoms with Gasteiger partial charge in [0.15, 0.2) is 9.84 Å². The summed E-state index contributed by atoms with van der Waals surface area (Å²) in [5.74, 6) is 0. The molecule has 0 atom stereocenters. The third-order valence-electron chi connectivity index (χ3n) is 3.09. The maximum atomic E-state index is 11.4. The first-order valence-corrected chi connectivity index (χ1v) is 8.22. The molecule has 0 aliphatic carbocycles. The molecule has 0 radical (unpaired) electrons. The minimum atomic E-state index is -3.20. The molecule has 1 N–H and O–H groups in total. The molecular formula is C15H16N2O3S. The van der Waals surface area contributed by atoms with Crippen molar-refractivity contribution in [1.29, 1.82) is 0 Å². The van der Waals surface area contributed by atoms with Crippen LogP contribution in [0.25, 0.3) is 0 Å². The Morgan fingerprint density at radius 1 is 1.19 bits per heavy atom. The van der Waals surface area contributed by atoms with E-state index in [2.05, 4.69) is 10.1 Å². The first kappa shape index (κ1) is 15.2. The number of aromatic nitrogens is 1. The van der Waals surface area contributed by atoms with Crippen molar-refractivity contribution in [1.82, 2.24) is 4.98 Å². The summed E-state index contributed by atoms with van der Waals surface area (Å²) in [7, 11) is -3.20. The van der Waals surface area contributed by atoms with Crippen LogP contribution in [0.1, 0.15) is 16.8 Å². The van der Waals surface area contributed by atoms with E-state index in [0.29, 0.717) is 12.1 Å². The van der Waals surface area contributed by atoms with E-state index >= 15 is 0 Å². The molecule has 0 bridgehead atoms. The fourth-order valence-electron chi connectivity index (χ4n) is 1.88. The van der Waals surface area contributed by atoms with Crippen LogP contribution in [0.2, 0.25) is 0 Å². The number of hydrogen-bond donors (Lipinski definition) is 1. The van der Waals surface area contributed by atoms with Gasteiger partial charge in [0, 0.05) is 30.1 Å². The second-order valence-corrected chi connectivity index (χ2v) is 6.84. The summed E-state index contributed by atoms with van der Waals surface area (Å²) in [6, 6.07) is 10.2. The van der Waals surface area contributed by atoms with Crippen molar-refractivity contribution in [2.45, 2.75) is 18.2 Å². The van der Waals surface area contributed by atoms with Gasteiger partial charge in [0.05, 0.1) is 10.6 Å². The van der Waals surface area contributed by atoms with Gasteiger partial charge in [0.25, 0.3) is 0 Å². The predicted molar refractivity (Wildman–Crippen MR) is 80.6 cm³/mol.